The maximum absolute atomic E-state index is 11.7. The lowest BCUT2D eigenvalue weighted by molar-refractivity contribution is -0.141. The number of hydrogen-bond acceptors (Lipinski definition) is 2. The molecule has 0 radical (unpaired) electrons. The molecule has 0 bridgehead atoms. The van der Waals surface area contributed by atoms with E-state index in [2.05, 4.69) is 5.32 Å². The molecule has 5 heteroatoms. The van der Waals surface area contributed by atoms with Crippen LogP contribution >= 0.6 is 0 Å². The van der Waals surface area contributed by atoms with Crippen molar-refractivity contribution in [2.45, 2.75) is 45.2 Å². The molecule has 1 aliphatic rings. The molecule has 1 heterocycles. The van der Waals surface area contributed by atoms with Gasteiger partial charge in [0.2, 0.25) is 0 Å². The van der Waals surface area contributed by atoms with Crippen LogP contribution in [0, 0.1) is 0 Å². The van der Waals surface area contributed by atoms with E-state index < -0.39 is 12.0 Å². The maximum atomic E-state index is 11.7. The number of rotatable bonds is 1. The fourth-order valence-corrected chi connectivity index (χ4v) is 1.66. The number of amides is 2. The van der Waals surface area contributed by atoms with Gasteiger partial charge in [-0.15, -0.1) is 0 Å². The summed E-state index contributed by atoms with van der Waals surface area (Å²) in [5.74, 6) is -0.920. The first-order valence-electron chi connectivity index (χ1n) is 5.13. The summed E-state index contributed by atoms with van der Waals surface area (Å²) in [6.45, 7) is 6.14. The second kappa shape index (κ2) is 4.08. The molecule has 1 saturated heterocycles. The summed E-state index contributed by atoms with van der Waals surface area (Å²) >= 11 is 0. The highest BCUT2D eigenvalue weighted by Crippen LogP contribution is 2.18. The van der Waals surface area contributed by atoms with Gasteiger partial charge in [-0.1, -0.05) is 0 Å². The van der Waals surface area contributed by atoms with E-state index in [4.69, 9.17) is 5.11 Å². The summed E-state index contributed by atoms with van der Waals surface area (Å²) in [6, 6.07) is -0.945. The second-order valence-electron chi connectivity index (χ2n) is 4.87. The van der Waals surface area contributed by atoms with Crippen LogP contribution in [0.15, 0.2) is 0 Å². The molecular formula is C10H18N2O3. The van der Waals surface area contributed by atoms with E-state index in [-0.39, 0.29) is 11.6 Å². The monoisotopic (exact) mass is 214 g/mol. The molecule has 2 N–H and O–H groups in total. The molecule has 5 nitrogen and oxygen atoms in total. The number of nitrogens with one attached hydrogen (secondary N) is 1. The molecule has 0 spiro atoms. The highest BCUT2D eigenvalue weighted by atomic mass is 16.4. The number of carbonyl (C=O) groups is 2. The molecule has 0 aromatic carbocycles. The van der Waals surface area contributed by atoms with E-state index in [1.165, 1.54) is 4.90 Å². The van der Waals surface area contributed by atoms with E-state index in [0.717, 1.165) is 6.42 Å². The van der Waals surface area contributed by atoms with Crippen LogP contribution in [0.2, 0.25) is 0 Å². The molecule has 2 amide bonds. The SMILES string of the molecule is CC(C)(C)NC(=O)N1CCC[C@@H]1C(=O)O. The fourth-order valence-electron chi connectivity index (χ4n) is 1.66. The molecule has 0 unspecified atom stereocenters. The molecular weight excluding hydrogens is 196 g/mol. The van der Waals surface area contributed by atoms with Gasteiger partial charge in [0.05, 0.1) is 0 Å². The molecule has 0 aliphatic carbocycles. The van der Waals surface area contributed by atoms with Gasteiger partial charge >= 0.3 is 12.0 Å². The highest BCUT2D eigenvalue weighted by molar-refractivity contribution is 5.83. The van der Waals surface area contributed by atoms with Gasteiger partial charge in [0, 0.05) is 12.1 Å². The van der Waals surface area contributed by atoms with Gasteiger partial charge in [-0.25, -0.2) is 9.59 Å². The number of carboxylic acids is 1. The molecule has 1 aliphatic heterocycles. The van der Waals surface area contributed by atoms with Crippen molar-refractivity contribution >= 4 is 12.0 Å². The van der Waals surface area contributed by atoms with Crippen molar-refractivity contribution < 1.29 is 14.7 Å². The van der Waals surface area contributed by atoms with E-state index in [0.29, 0.717) is 13.0 Å². The lowest BCUT2D eigenvalue weighted by atomic mass is 10.1. The van der Waals surface area contributed by atoms with Gasteiger partial charge in [-0.05, 0) is 33.6 Å². The third-order valence-corrected chi connectivity index (χ3v) is 2.28. The average Bonchev–Trinajstić information content (AvgIpc) is 2.47. The normalized spacial score (nSPS) is 21.5. The van der Waals surface area contributed by atoms with Crippen molar-refractivity contribution in [2.24, 2.45) is 0 Å². The number of urea groups is 1. The lowest BCUT2D eigenvalue weighted by Gasteiger charge is -2.27. The van der Waals surface area contributed by atoms with E-state index in [9.17, 15) is 9.59 Å². The lowest BCUT2D eigenvalue weighted by Crippen LogP contribution is -2.51. The minimum atomic E-state index is -0.920. The maximum Gasteiger partial charge on any atom is 0.326 e. The third-order valence-electron chi connectivity index (χ3n) is 2.28. The van der Waals surface area contributed by atoms with Gasteiger partial charge in [0.25, 0.3) is 0 Å². The van der Waals surface area contributed by atoms with Crippen LogP contribution in [-0.2, 0) is 4.79 Å². The number of aliphatic carboxylic acids is 1. The minimum absolute atomic E-state index is 0.285. The van der Waals surface area contributed by atoms with Gasteiger partial charge in [-0.3, -0.25) is 0 Å². The van der Waals surface area contributed by atoms with Crippen molar-refractivity contribution in [3.8, 4) is 0 Å². The Balaban J connectivity index is 2.63. The number of carbonyl (C=O) groups excluding carboxylic acids is 1. The van der Waals surface area contributed by atoms with Crippen LogP contribution in [0.25, 0.3) is 0 Å². The van der Waals surface area contributed by atoms with Crippen molar-refractivity contribution in [3.63, 3.8) is 0 Å². The summed E-state index contributed by atoms with van der Waals surface area (Å²) in [4.78, 5) is 24.0. The number of carboxylic acid groups (broad SMARTS) is 1. The molecule has 1 rings (SSSR count). The summed E-state index contributed by atoms with van der Waals surface area (Å²) < 4.78 is 0. The van der Waals surface area contributed by atoms with Crippen LogP contribution in [0.1, 0.15) is 33.6 Å². The summed E-state index contributed by atoms with van der Waals surface area (Å²) in [5, 5.41) is 11.7. The van der Waals surface area contributed by atoms with Crippen molar-refractivity contribution in [3.05, 3.63) is 0 Å². The zero-order valence-corrected chi connectivity index (χ0v) is 9.41. The van der Waals surface area contributed by atoms with Crippen LogP contribution in [0.4, 0.5) is 4.79 Å². The Hall–Kier alpha value is -1.26. The first-order chi connectivity index (χ1) is 6.81. The summed E-state index contributed by atoms with van der Waals surface area (Å²) in [5.41, 5.74) is -0.331. The Labute approximate surface area is 89.4 Å². The van der Waals surface area contributed by atoms with Gasteiger partial charge in [0.1, 0.15) is 6.04 Å². The second-order valence-corrected chi connectivity index (χ2v) is 4.87. The van der Waals surface area contributed by atoms with E-state index >= 15 is 0 Å². The van der Waals surface area contributed by atoms with Gasteiger partial charge in [0.15, 0.2) is 0 Å². The Morgan fingerprint density at radius 2 is 2.00 bits per heavy atom. The predicted octanol–water partition coefficient (Wildman–Crippen LogP) is 1.04. The quantitative estimate of drug-likeness (QED) is 0.685. The molecule has 86 valence electrons. The number of nitrogens with zero attached hydrogens (tertiary/aromatic N) is 1. The Morgan fingerprint density at radius 3 is 2.47 bits per heavy atom. The van der Waals surface area contributed by atoms with Crippen LogP contribution in [0.5, 0.6) is 0 Å². The van der Waals surface area contributed by atoms with Crippen molar-refractivity contribution in [2.75, 3.05) is 6.54 Å². The molecule has 1 fully saturated rings. The number of likely N-dealkylation sites (tertiary alicyclic amines) is 1. The third kappa shape index (κ3) is 3.11. The van der Waals surface area contributed by atoms with E-state index in [1.807, 2.05) is 20.8 Å². The average molecular weight is 214 g/mol. The molecule has 1 atom stereocenters. The van der Waals surface area contributed by atoms with Crippen LogP contribution in [0.3, 0.4) is 0 Å². The van der Waals surface area contributed by atoms with Crippen molar-refractivity contribution in [1.82, 2.24) is 10.2 Å². The zero-order chi connectivity index (χ0) is 11.6. The summed E-state index contributed by atoms with van der Waals surface area (Å²) in [6.07, 6.45) is 1.31. The standard InChI is InChI=1S/C10H18N2O3/c1-10(2,3)11-9(15)12-6-4-5-7(12)8(13)14/h7H,4-6H2,1-3H3,(H,11,15)(H,13,14)/t7-/m1/s1. The van der Waals surface area contributed by atoms with Crippen LogP contribution in [-0.4, -0.2) is 40.1 Å². The topological polar surface area (TPSA) is 69.6 Å². The van der Waals surface area contributed by atoms with Crippen LogP contribution < -0.4 is 5.32 Å². The zero-order valence-electron chi connectivity index (χ0n) is 9.41. The summed E-state index contributed by atoms with van der Waals surface area (Å²) in [7, 11) is 0. The molecule has 0 saturated carbocycles. The minimum Gasteiger partial charge on any atom is -0.480 e. The van der Waals surface area contributed by atoms with Gasteiger partial charge in [-0.2, -0.15) is 0 Å². The van der Waals surface area contributed by atoms with Crippen molar-refractivity contribution in [1.29, 1.82) is 0 Å². The van der Waals surface area contributed by atoms with E-state index in [1.54, 1.807) is 0 Å². The number of hydrogen-bond donors (Lipinski definition) is 2. The predicted molar refractivity (Wildman–Crippen MR) is 55.6 cm³/mol. The first-order valence-corrected chi connectivity index (χ1v) is 5.13. The smallest absolute Gasteiger partial charge is 0.326 e. The highest BCUT2D eigenvalue weighted by Gasteiger charge is 2.34. The fraction of sp³-hybridized carbons (Fsp3) is 0.800. The molecule has 15 heavy (non-hydrogen) atoms. The molecule has 0 aromatic rings. The first kappa shape index (κ1) is 11.8. The Morgan fingerprint density at radius 1 is 1.40 bits per heavy atom. The molecule has 0 aromatic heterocycles. The van der Waals surface area contributed by atoms with Gasteiger partial charge < -0.3 is 15.3 Å². The Bertz CT molecular complexity index is 270. The largest absolute Gasteiger partial charge is 0.480 e. The Kier molecular flexibility index (Phi) is 3.21.